The molecule has 0 bridgehead atoms. The SMILES string of the molecule is C/C=C/SC[C@H](NC(=O)OC(C)(C)C)C(=O)OCC. The lowest BCUT2D eigenvalue weighted by atomic mass is 10.2. The molecule has 0 saturated carbocycles. The van der Waals surface area contributed by atoms with Crippen molar-refractivity contribution in [3.05, 3.63) is 11.5 Å². The van der Waals surface area contributed by atoms with Crippen molar-refractivity contribution < 1.29 is 19.1 Å². The Labute approximate surface area is 119 Å². The van der Waals surface area contributed by atoms with E-state index in [-0.39, 0.29) is 6.61 Å². The lowest BCUT2D eigenvalue weighted by Gasteiger charge is -2.22. The molecule has 1 atom stereocenters. The number of hydrogen-bond donors (Lipinski definition) is 1. The molecule has 0 aliphatic rings. The van der Waals surface area contributed by atoms with Crippen molar-refractivity contribution in [2.45, 2.75) is 46.3 Å². The zero-order valence-corrected chi connectivity index (χ0v) is 13.0. The van der Waals surface area contributed by atoms with Crippen LogP contribution in [0.4, 0.5) is 4.79 Å². The fraction of sp³-hybridized carbons (Fsp3) is 0.692. The molecule has 0 aromatic heterocycles. The third-order valence-corrected chi connectivity index (χ3v) is 2.75. The number of amides is 1. The zero-order chi connectivity index (χ0) is 14.9. The predicted octanol–water partition coefficient (Wildman–Crippen LogP) is 2.71. The van der Waals surface area contributed by atoms with E-state index in [9.17, 15) is 9.59 Å². The van der Waals surface area contributed by atoms with Gasteiger partial charge in [0.05, 0.1) is 6.61 Å². The van der Waals surface area contributed by atoms with E-state index >= 15 is 0 Å². The Morgan fingerprint density at radius 2 is 2.00 bits per heavy atom. The second kappa shape index (κ2) is 8.85. The van der Waals surface area contributed by atoms with Crippen molar-refractivity contribution in [1.29, 1.82) is 0 Å². The molecule has 19 heavy (non-hydrogen) atoms. The van der Waals surface area contributed by atoms with Crippen LogP contribution in [0.1, 0.15) is 34.6 Å². The van der Waals surface area contributed by atoms with E-state index in [1.165, 1.54) is 11.8 Å². The summed E-state index contributed by atoms with van der Waals surface area (Å²) >= 11 is 1.42. The van der Waals surface area contributed by atoms with Crippen LogP contribution in [0.5, 0.6) is 0 Å². The van der Waals surface area contributed by atoms with Gasteiger partial charge in [-0.25, -0.2) is 9.59 Å². The van der Waals surface area contributed by atoms with Crippen LogP contribution in [-0.4, -0.2) is 36.1 Å². The fourth-order valence-electron chi connectivity index (χ4n) is 1.11. The van der Waals surface area contributed by atoms with Gasteiger partial charge in [0.1, 0.15) is 11.6 Å². The highest BCUT2D eigenvalue weighted by atomic mass is 32.2. The van der Waals surface area contributed by atoms with E-state index in [1.807, 2.05) is 18.4 Å². The third kappa shape index (κ3) is 9.41. The van der Waals surface area contributed by atoms with Crippen LogP contribution >= 0.6 is 11.8 Å². The van der Waals surface area contributed by atoms with Crippen LogP contribution in [0, 0.1) is 0 Å². The molecule has 1 amide bonds. The highest BCUT2D eigenvalue weighted by Gasteiger charge is 2.24. The molecule has 5 nitrogen and oxygen atoms in total. The van der Waals surface area contributed by atoms with Gasteiger partial charge in [-0.15, -0.1) is 11.8 Å². The van der Waals surface area contributed by atoms with Crippen molar-refractivity contribution in [3.63, 3.8) is 0 Å². The van der Waals surface area contributed by atoms with Crippen LogP contribution in [0.25, 0.3) is 0 Å². The summed E-state index contributed by atoms with van der Waals surface area (Å²) in [7, 11) is 0. The minimum atomic E-state index is -0.712. The lowest BCUT2D eigenvalue weighted by Crippen LogP contribution is -2.45. The van der Waals surface area contributed by atoms with Gasteiger partial charge in [0.15, 0.2) is 0 Å². The number of carbonyl (C=O) groups is 2. The van der Waals surface area contributed by atoms with Crippen LogP contribution in [-0.2, 0) is 14.3 Å². The average molecular weight is 289 g/mol. The van der Waals surface area contributed by atoms with Gasteiger partial charge in [0, 0.05) is 5.75 Å². The van der Waals surface area contributed by atoms with Gasteiger partial charge in [-0.3, -0.25) is 0 Å². The van der Waals surface area contributed by atoms with Crippen molar-refractivity contribution >= 4 is 23.8 Å². The predicted molar refractivity (Wildman–Crippen MR) is 77.1 cm³/mol. The van der Waals surface area contributed by atoms with E-state index in [2.05, 4.69) is 5.32 Å². The highest BCUT2D eigenvalue weighted by molar-refractivity contribution is 8.02. The number of carbonyl (C=O) groups excluding carboxylic acids is 2. The number of esters is 1. The third-order valence-electron chi connectivity index (χ3n) is 1.76. The molecule has 0 aliphatic carbocycles. The van der Waals surface area contributed by atoms with Gasteiger partial charge in [-0.05, 0) is 40.0 Å². The first-order valence-electron chi connectivity index (χ1n) is 6.19. The summed E-state index contributed by atoms with van der Waals surface area (Å²) in [6.45, 7) is 9.18. The summed E-state index contributed by atoms with van der Waals surface area (Å²) in [6, 6.07) is -0.712. The molecule has 0 aliphatic heterocycles. The van der Waals surface area contributed by atoms with Gasteiger partial charge in [0.25, 0.3) is 0 Å². The van der Waals surface area contributed by atoms with Crippen molar-refractivity contribution in [2.75, 3.05) is 12.4 Å². The smallest absolute Gasteiger partial charge is 0.408 e. The van der Waals surface area contributed by atoms with E-state index in [0.29, 0.717) is 5.75 Å². The van der Waals surface area contributed by atoms with Crippen LogP contribution in [0.15, 0.2) is 11.5 Å². The van der Waals surface area contributed by atoms with E-state index in [1.54, 1.807) is 27.7 Å². The minimum Gasteiger partial charge on any atom is -0.464 e. The van der Waals surface area contributed by atoms with Crippen LogP contribution < -0.4 is 5.32 Å². The molecular weight excluding hydrogens is 266 g/mol. The summed E-state index contributed by atoms with van der Waals surface area (Å²) in [4.78, 5) is 23.4. The highest BCUT2D eigenvalue weighted by Crippen LogP contribution is 2.09. The lowest BCUT2D eigenvalue weighted by molar-refractivity contribution is -0.144. The largest absolute Gasteiger partial charge is 0.464 e. The zero-order valence-electron chi connectivity index (χ0n) is 12.2. The molecule has 6 heteroatoms. The standard InChI is InChI=1S/C13H23NO4S/c1-6-8-19-9-10(11(15)17-7-2)14-12(16)18-13(3,4)5/h6,8,10H,7,9H2,1-5H3,(H,14,16)/b8-6+/t10-/m0/s1. The molecule has 0 aromatic rings. The van der Waals surface area contributed by atoms with E-state index in [0.717, 1.165) is 0 Å². The Kier molecular flexibility index (Phi) is 8.30. The Morgan fingerprint density at radius 3 is 2.47 bits per heavy atom. The maximum Gasteiger partial charge on any atom is 0.408 e. The maximum absolute atomic E-state index is 11.7. The topological polar surface area (TPSA) is 64.6 Å². The second-order valence-electron chi connectivity index (χ2n) is 4.75. The summed E-state index contributed by atoms with van der Waals surface area (Å²) in [6.07, 6.45) is 1.24. The maximum atomic E-state index is 11.7. The van der Waals surface area contributed by atoms with Crippen molar-refractivity contribution in [1.82, 2.24) is 5.32 Å². The summed E-state index contributed by atoms with van der Waals surface area (Å²) in [5.74, 6) is -0.0482. The first kappa shape index (κ1) is 17.8. The van der Waals surface area contributed by atoms with Crippen molar-refractivity contribution in [3.8, 4) is 0 Å². The van der Waals surface area contributed by atoms with Gasteiger partial charge in [-0.1, -0.05) is 6.08 Å². The Balaban J connectivity index is 4.47. The van der Waals surface area contributed by atoms with Crippen LogP contribution in [0.2, 0.25) is 0 Å². The summed E-state index contributed by atoms with van der Waals surface area (Å²) in [5, 5.41) is 4.38. The first-order chi connectivity index (χ1) is 8.80. The first-order valence-corrected chi connectivity index (χ1v) is 7.24. The molecule has 0 fully saturated rings. The van der Waals surface area contributed by atoms with Gasteiger partial charge in [0.2, 0.25) is 0 Å². The number of ether oxygens (including phenoxy) is 2. The Bertz CT molecular complexity index is 323. The number of allylic oxidation sites excluding steroid dienone is 1. The molecule has 110 valence electrons. The molecule has 1 N–H and O–H groups in total. The molecule has 0 rings (SSSR count). The Hall–Kier alpha value is -1.17. The van der Waals surface area contributed by atoms with E-state index < -0.39 is 23.7 Å². The second-order valence-corrected chi connectivity index (χ2v) is 5.69. The molecule has 0 heterocycles. The summed E-state index contributed by atoms with van der Waals surface area (Å²) < 4.78 is 10.0. The molecule has 0 radical (unpaired) electrons. The number of rotatable bonds is 6. The van der Waals surface area contributed by atoms with Gasteiger partial charge in [-0.2, -0.15) is 0 Å². The molecule has 0 aromatic carbocycles. The number of nitrogens with one attached hydrogen (secondary N) is 1. The Morgan fingerprint density at radius 1 is 1.37 bits per heavy atom. The van der Waals surface area contributed by atoms with Gasteiger partial charge < -0.3 is 14.8 Å². The fourth-order valence-corrected chi connectivity index (χ4v) is 1.82. The summed E-state index contributed by atoms with van der Waals surface area (Å²) in [5.41, 5.74) is -0.597. The van der Waals surface area contributed by atoms with Crippen LogP contribution in [0.3, 0.4) is 0 Å². The van der Waals surface area contributed by atoms with Crippen molar-refractivity contribution in [2.24, 2.45) is 0 Å². The monoisotopic (exact) mass is 289 g/mol. The molecule has 0 unspecified atom stereocenters. The quantitative estimate of drug-likeness (QED) is 0.762. The number of alkyl carbamates (subject to hydrolysis) is 1. The van der Waals surface area contributed by atoms with Gasteiger partial charge >= 0.3 is 12.1 Å². The normalized spacial score (nSPS) is 13.1. The van der Waals surface area contributed by atoms with E-state index in [4.69, 9.17) is 9.47 Å². The average Bonchev–Trinajstić information content (AvgIpc) is 2.25. The number of thioether (sulfide) groups is 1. The molecule has 0 spiro atoms. The molecule has 0 saturated heterocycles. The minimum absolute atomic E-state index is 0.277. The molecular formula is C13H23NO4S. The number of hydrogen-bond acceptors (Lipinski definition) is 5.